The smallest absolute Gasteiger partial charge is 0.124 e. The van der Waals surface area contributed by atoms with Gasteiger partial charge in [-0.3, -0.25) is 9.78 Å². The summed E-state index contributed by atoms with van der Waals surface area (Å²) in [6.07, 6.45) is 0. The summed E-state index contributed by atoms with van der Waals surface area (Å²) in [7, 11) is 1.84. The van der Waals surface area contributed by atoms with E-state index in [0.717, 1.165) is 27.7 Å². The van der Waals surface area contributed by atoms with Crippen LogP contribution in [0.1, 0.15) is 0 Å². The number of anilines is 2. The van der Waals surface area contributed by atoms with Crippen molar-refractivity contribution in [3.8, 4) is 22.5 Å². The second-order valence-corrected chi connectivity index (χ2v) is 7.79. The second-order valence-electron chi connectivity index (χ2n) is 7.79. The van der Waals surface area contributed by atoms with Crippen LogP contribution in [0.2, 0.25) is 0 Å². The van der Waals surface area contributed by atoms with Gasteiger partial charge in [0.05, 0.1) is 11.0 Å². The van der Waals surface area contributed by atoms with Crippen molar-refractivity contribution in [2.24, 2.45) is 7.05 Å². The van der Waals surface area contributed by atoms with E-state index < -0.39 is 0 Å². The van der Waals surface area contributed by atoms with Gasteiger partial charge in [-0.15, -0.1) is 0 Å². The third-order valence-electron chi connectivity index (χ3n) is 5.38. The molecule has 0 radical (unpaired) electrons. The molecule has 218 valence electrons. The number of aromatic amines is 1. The number of nitrogens with one attached hydrogen (secondary N) is 1. The third-order valence-corrected chi connectivity index (χ3v) is 5.38. The summed E-state index contributed by atoms with van der Waals surface area (Å²) in [6.45, 7) is 0. The largest absolute Gasteiger partial charge is 0.384 e. The van der Waals surface area contributed by atoms with E-state index in [0.29, 0.717) is 28.5 Å². The molecule has 0 saturated heterocycles. The quantitative estimate of drug-likeness (QED) is 0.231. The standard InChI is InChI=1S/C13H11FN4.C12H9FN4.11U/c1-18-10-6-7-11(15)16-13(10)12(17-18)8-2-4-9(14)5-3-8;13-8-3-1-7(2-4-8)11-12-9(16-17-11)5-6-10(14)15-12;;;;;;;;;;;/h2-7H,1H3,(H2,15,16);1-6H,(H2,14,15)(H,16,17);;;;;;;;;;;. The normalized spacial score (nSPS) is 8.33. The second kappa shape index (κ2) is 33.8. The fraction of sp³-hybridized carbons (Fsp3) is 0.0400. The molecule has 0 fully saturated rings. The summed E-state index contributed by atoms with van der Waals surface area (Å²) < 4.78 is 27.5. The van der Waals surface area contributed by atoms with E-state index in [2.05, 4.69) is 25.3 Å². The molecule has 46 heavy (non-hydrogen) atoms. The summed E-state index contributed by atoms with van der Waals surface area (Å²) in [5, 5.41) is 11.4. The molecule has 0 aliphatic heterocycles. The molecule has 6 aromatic rings. The number of pyridine rings is 2. The first-order valence-corrected chi connectivity index (χ1v) is 10.6. The molecule has 21 heteroatoms. The van der Waals surface area contributed by atoms with Gasteiger partial charge in [-0.25, -0.2) is 18.7 Å². The Labute approximate surface area is 526 Å². The molecule has 5 N–H and O–H groups in total. The molecule has 0 aliphatic carbocycles. The maximum Gasteiger partial charge on any atom is 0.124 e. The first-order chi connectivity index (χ1) is 16.9. The molecule has 4 heterocycles. The van der Waals surface area contributed by atoms with Crippen LogP contribution < -0.4 is 11.5 Å². The molecular weight excluding hydrogens is 3070 g/mol. The molecule has 0 bridgehead atoms. The predicted molar refractivity (Wildman–Crippen MR) is 132 cm³/mol. The minimum atomic E-state index is -0.277. The van der Waals surface area contributed by atoms with E-state index >= 15 is 0 Å². The average molecular weight is 3090 g/mol. The molecule has 0 atom stereocenters. The molecule has 2 aromatic carbocycles. The summed E-state index contributed by atoms with van der Waals surface area (Å²) in [4.78, 5) is 8.52. The molecule has 0 saturated carbocycles. The number of fused-ring (bicyclic) bond motifs is 2. The number of nitrogens with two attached hydrogens (primary N) is 2. The van der Waals surface area contributed by atoms with Gasteiger partial charge < -0.3 is 11.5 Å². The number of benzene rings is 2. The van der Waals surface area contributed by atoms with E-state index in [-0.39, 0.29) is 354 Å². The SMILES string of the molecule is Cn1nc(-c2ccc(F)cc2)c2nc(N)ccc21.Nc1ccc2[nH]nc(-c3ccc(F)cc3)c2n1.[U].[U].[U].[U].[U].[U].[U].[U].[U].[U].[U]. The number of aryl methyl sites for hydroxylation is 1. The molecule has 6 rings (SSSR count). The van der Waals surface area contributed by atoms with Crippen molar-refractivity contribution < 1.29 is 351 Å². The van der Waals surface area contributed by atoms with Gasteiger partial charge >= 0.3 is 0 Å². The predicted octanol–water partition coefficient (Wildman–Crippen LogP) is 4.70. The summed E-state index contributed by atoms with van der Waals surface area (Å²) in [5.41, 5.74) is 17.5. The van der Waals surface area contributed by atoms with Crippen LogP contribution >= 0.6 is 0 Å². The molecular formula is C25H20F2N8U11. The Hall–Kier alpha value is 6.71. The summed E-state index contributed by atoms with van der Waals surface area (Å²) >= 11 is 0. The molecule has 0 aliphatic rings. The monoisotopic (exact) mass is 3090 g/mol. The number of nitrogen functional groups attached to an aromatic ring is 2. The van der Waals surface area contributed by atoms with Crippen molar-refractivity contribution >= 4 is 33.7 Å². The first kappa shape index (κ1) is 67.5. The number of H-pyrrole nitrogens is 1. The van der Waals surface area contributed by atoms with Gasteiger partial charge in [-0.2, -0.15) is 10.2 Å². The Balaban J connectivity index is -0.000000107. The number of hydrogen-bond donors (Lipinski definition) is 3. The van der Waals surface area contributed by atoms with Gasteiger partial charge in [0.2, 0.25) is 0 Å². The van der Waals surface area contributed by atoms with Gasteiger partial charge in [-0.1, -0.05) is 0 Å². The fourth-order valence-electron chi connectivity index (χ4n) is 3.68. The Kier molecular flexibility index (Phi) is 49.6. The number of rotatable bonds is 2. The first-order valence-electron chi connectivity index (χ1n) is 10.6. The number of nitrogens with zero attached hydrogens (tertiary/aromatic N) is 5. The Morgan fingerprint density at radius 1 is 0.543 bits per heavy atom. The minimum Gasteiger partial charge on any atom is -0.384 e. The van der Waals surface area contributed by atoms with Crippen molar-refractivity contribution in [1.29, 1.82) is 0 Å². The topological polar surface area (TPSA) is 124 Å². The molecule has 0 unspecified atom stereocenters. The maximum absolute atomic E-state index is 12.9. The Morgan fingerprint density at radius 2 is 0.957 bits per heavy atom. The van der Waals surface area contributed by atoms with E-state index in [1.54, 1.807) is 41.1 Å². The van der Waals surface area contributed by atoms with Crippen LogP contribution in [-0.4, -0.2) is 29.9 Å². The van der Waals surface area contributed by atoms with Crippen LogP contribution in [0.4, 0.5) is 20.4 Å². The van der Waals surface area contributed by atoms with Crippen molar-refractivity contribution in [2.45, 2.75) is 0 Å². The van der Waals surface area contributed by atoms with E-state index in [1.165, 1.54) is 24.3 Å². The van der Waals surface area contributed by atoms with Crippen LogP contribution in [0.3, 0.4) is 0 Å². The Bertz CT molecular complexity index is 1670. The van der Waals surface area contributed by atoms with Gasteiger partial charge in [0, 0.05) is 360 Å². The maximum atomic E-state index is 12.9. The fourth-order valence-corrected chi connectivity index (χ4v) is 3.68. The molecule has 4 aromatic heterocycles. The van der Waals surface area contributed by atoms with Gasteiger partial charge in [0.1, 0.15) is 45.7 Å². The zero-order valence-corrected chi connectivity index (χ0v) is 69.9. The van der Waals surface area contributed by atoms with E-state index in [1.807, 2.05) is 19.2 Å². The van der Waals surface area contributed by atoms with Gasteiger partial charge in [0.15, 0.2) is 0 Å². The van der Waals surface area contributed by atoms with Crippen LogP contribution in [0.15, 0.2) is 72.8 Å². The van der Waals surface area contributed by atoms with Crippen LogP contribution in [0.5, 0.6) is 0 Å². The summed E-state index contributed by atoms with van der Waals surface area (Å²) in [5.74, 6) is 0.327. The van der Waals surface area contributed by atoms with Crippen LogP contribution in [-0.2, 0) is 7.05 Å². The third kappa shape index (κ3) is 18.8. The zero-order valence-electron chi connectivity index (χ0n) is 24.1. The zero-order chi connectivity index (χ0) is 24.5. The minimum absolute atomic E-state index is 0. The van der Waals surface area contributed by atoms with Crippen LogP contribution in [0, 0.1) is 354 Å². The van der Waals surface area contributed by atoms with Gasteiger partial charge in [0.25, 0.3) is 0 Å². The number of aromatic nitrogens is 6. The van der Waals surface area contributed by atoms with Gasteiger partial charge in [-0.05, 0) is 72.8 Å². The van der Waals surface area contributed by atoms with Crippen LogP contribution in [0.25, 0.3) is 44.6 Å². The van der Waals surface area contributed by atoms with E-state index in [4.69, 9.17) is 11.5 Å². The van der Waals surface area contributed by atoms with Crippen molar-refractivity contribution in [1.82, 2.24) is 29.9 Å². The number of halogens is 2. The Morgan fingerprint density at radius 3 is 1.43 bits per heavy atom. The van der Waals surface area contributed by atoms with Crippen molar-refractivity contribution in [2.75, 3.05) is 11.5 Å². The molecule has 0 spiro atoms. The number of hydrogen-bond acceptors (Lipinski definition) is 6. The molecule has 0 amide bonds. The van der Waals surface area contributed by atoms with E-state index in [9.17, 15) is 8.78 Å². The molecule has 8 nitrogen and oxygen atoms in total. The van der Waals surface area contributed by atoms with Crippen molar-refractivity contribution in [3.05, 3.63) is 84.4 Å². The van der Waals surface area contributed by atoms with Crippen molar-refractivity contribution in [3.63, 3.8) is 0 Å². The summed E-state index contributed by atoms with van der Waals surface area (Å²) in [6, 6.07) is 19.4. The average Bonchev–Trinajstić information content (AvgIpc) is 3.41.